The molecule has 0 aliphatic heterocycles. The van der Waals surface area contributed by atoms with Crippen LogP contribution >= 0.6 is 11.8 Å². The number of hydrogen-bond donors (Lipinski definition) is 1. The number of aromatic carboxylic acids is 1. The number of carboxylic acids is 1. The number of aromatic nitrogens is 3. The van der Waals surface area contributed by atoms with Crippen molar-refractivity contribution in [1.82, 2.24) is 14.5 Å². The van der Waals surface area contributed by atoms with Crippen LogP contribution in [-0.4, -0.2) is 31.4 Å². The number of imidazole rings is 1. The molecule has 0 saturated heterocycles. The third kappa shape index (κ3) is 3.10. The molecule has 0 aliphatic carbocycles. The molecular formula is C12H13N3O2S. The Morgan fingerprint density at radius 2 is 2.28 bits per heavy atom. The number of carbonyl (C=O) groups is 1. The Kier molecular flexibility index (Phi) is 3.99. The van der Waals surface area contributed by atoms with Crippen molar-refractivity contribution in [2.45, 2.75) is 18.4 Å². The summed E-state index contributed by atoms with van der Waals surface area (Å²) in [7, 11) is 0. The molecule has 5 nitrogen and oxygen atoms in total. The molecular weight excluding hydrogens is 250 g/mol. The van der Waals surface area contributed by atoms with Crippen LogP contribution in [0.4, 0.5) is 0 Å². The van der Waals surface area contributed by atoms with Gasteiger partial charge in [-0.05, 0) is 19.1 Å². The molecule has 1 N–H and O–H groups in total. The Bertz CT molecular complexity index is 554. The number of rotatable bonds is 5. The number of nitrogens with zero attached hydrogens (tertiary/aromatic N) is 3. The van der Waals surface area contributed by atoms with Crippen molar-refractivity contribution in [1.29, 1.82) is 0 Å². The minimum Gasteiger partial charge on any atom is -0.477 e. The predicted molar refractivity (Wildman–Crippen MR) is 68.9 cm³/mol. The lowest BCUT2D eigenvalue weighted by Gasteiger charge is -2.05. The SMILES string of the molecule is Cc1nccn1CCSc1ccnc(C(=O)O)c1. The minimum atomic E-state index is -0.997. The maximum Gasteiger partial charge on any atom is 0.354 e. The van der Waals surface area contributed by atoms with Crippen LogP contribution in [0.25, 0.3) is 0 Å². The number of aryl methyl sites for hydroxylation is 2. The van der Waals surface area contributed by atoms with Gasteiger partial charge in [0.05, 0.1) is 0 Å². The van der Waals surface area contributed by atoms with Gasteiger partial charge in [0, 0.05) is 35.8 Å². The lowest BCUT2D eigenvalue weighted by Crippen LogP contribution is -2.02. The maximum atomic E-state index is 10.8. The Morgan fingerprint density at radius 1 is 1.44 bits per heavy atom. The summed E-state index contributed by atoms with van der Waals surface area (Å²) in [6.07, 6.45) is 5.23. The van der Waals surface area contributed by atoms with E-state index in [9.17, 15) is 4.79 Å². The van der Waals surface area contributed by atoms with Gasteiger partial charge in [0.2, 0.25) is 0 Å². The summed E-state index contributed by atoms with van der Waals surface area (Å²) in [6, 6.07) is 3.41. The molecule has 2 aromatic heterocycles. The molecule has 0 aromatic carbocycles. The van der Waals surface area contributed by atoms with E-state index in [2.05, 4.69) is 14.5 Å². The quantitative estimate of drug-likeness (QED) is 0.836. The van der Waals surface area contributed by atoms with Gasteiger partial charge >= 0.3 is 5.97 Å². The van der Waals surface area contributed by atoms with Crippen LogP contribution in [0, 0.1) is 6.92 Å². The lowest BCUT2D eigenvalue weighted by molar-refractivity contribution is 0.0690. The van der Waals surface area contributed by atoms with Crippen molar-refractivity contribution in [3.8, 4) is 0 Å². The van der Waals surface area contributed by atoms with E-state index in [1.165, 1.54) is 6.20 Å². The molecule has 0 atom stereocenters. The van der Waals surface area contributed by atoms with E-state index in [0.717, 1.165) is 23.0 Å². The van der Waals surface area contributed by atoms with Crippen molar-refractivity contribution in [3.05, 3.63) is 42.2 Å². The van der Waals surface area contributed by atoms with E-state index >= 15 is 0 Å². The summed E-state index contributed by atoms with van der Waals surface area (Å²) in [6.45, 7) is 2.81. The van der Waals surface area contributed by atoms with Crippen LogP contribution in [0.5, 0.6) is 0 Å². The highest BCUT2D eigenvalue weighted by Crippen LogP contribution is 2.18. The molecule has 0 unspecified atom stereocenters. The molecule has 2 rings (SSSR count). The van der Waals surface area contributed by atoms with Gasteiger partial charge in [0.1, 0.15) is 11.5 Å². The third-order valence-corrected chi connectivity index (χ3v) is 3.45. The molecule has 0 fully saturated rings. The van der Waals surface area contributed by atoms with Crippen molar-refractivity contribution >= 4 is 17.7 Å². The fraction of sp³-hybridized carbons (Fsp3) is 0.250. The molecule has 0 aliphatic rings. The second kappa shape index (κ2) is 5.68. The van der Waals surface area contributed by atoms with Gasteiger partial charge in [-0.25, -0.2) is 14.8 Å². The van der Waals surface area contributed by atoms with Gasteiger partial charge in [0.25, 0.3) is 0 Å². The summed E-state index contributed by atoms with van der Waals surface area (Å²) in [5.41, 5.74) is 0.0822. The monoisotopic (exact) mass is 263 g/mol. The number of carboxylic acid groups (broad SMARTS) is 1. The second-order valence-corrected chi connectivity index (χ2v) is 4.87. The predicted octanol–water partition coefficient (Wildman–Crippen LogP) is 2.08. The molecule has 0 amide bonds. The summed E-state index contributed by atoms with van der Waals surface area (Å²) >= 11 is 1.61. The Balaban J connectivity index is 1.92. The van der Waals surface area contributed by atoms with Crippen molar-refractivity contribution in [3.63, 3.8) is 0 Å². The topological polar surface area (TPSA) is 68.0 Å². The highest BCUT2D eigenvalue weighted by atomic mass is 32.2. The normalized spacial score (nSPS) is 10.5. The summed E-state index contributed by atoms with van der Waals surface area (Å²) in [5.74, 6) is 0.847. The van der Waals surface area contributed by atoms with Crippen molar-refractivity contribution < 1.29 is 9.90 Å². The summed E-state index contributed by atoms with van der Waals surface area (Å²) in [4.78, 5) is 19.6. The van der Waals surface area contributed by atoms with Crippen LogP contribution in [0.1, 0.15) is 16.3 Å². The molecule has 6 heteroatoms. The van der Waals surface area contributed by atoms with Crippen LogP contribution in [0.15, 0.2) is 35.6 Å². The van der Waals surface area contributed by atoms with Crippen LogP contribution in [0.3, 0.4) is 0 Å². The number of hydrogen-bond acceptors (Lipinski definition) is 4. The fourth-order valence-corrected chi connectivity index (χ4v) is 2.40. The molecule has 0 spiro atoms. The first-order valence-electron chi connectivity index (χ1n) is 5.46. The van der Waals surface area contributed by atoms with E-state index in [-0.39, 0.29) is 5.69 Å². The van der Waals surface area contributed by atoms with E-state index in [4.69, 9.17) is 5.11 Å². The van der Waals surface area contributed by atoms with Gasteiger partial charge in [-0.15, -0.1) is 11.8 Å². The highest BCUT2D eigenvalue weighted by Gasteiger charge is 2.05. The Hall–Kier alpha value is -1.82. The smallest absolute Gasteiger partial charge is 0.354 e. The molecule has 0 saturated carbocycles. The van der Waals surface area contributed by atoms with Gasteiger partial charge in [0.15, 0.2) is 0 Å². The van der Waals surface area contributed by atoms with Crippen molar-refractivity contribution in [2.75, 3.05) is 5.75 Å². The summed E-state index contributed by atoms with van der Waals surface area (Å²) in [5, 5.41) is 8.84. The first-order chi connectivity index (χ1) is 8.66. The van der Waals surface area contributed by atoms with Crippen LogP contribution in [0.2, 0.25) is 0 Å². The zero-order chi connectivity index (χ0) is 13.0. The van der Waals surface area contributed by atoms with E-state index < -0.39 is 5.97 Å². The zero-order valence-corrected chi connectivity index (χ0v) is 10.7. The van der Waals surface area contributed by atoms with Crippen molar-refractivity contribution in [2.24, 2.45) is 0 Å². The molecule has 0 bridgehead atoms. The molecule has 0 radical (unpaired) electrons. The summed E-state index contributed by atoms with van der Waals surface area (Å²) < 4.78 is 2.06. The van der Waals surface area contributed by atoms with E-state index in [1.54, 1.807) is 24.0 Å². The molecule has 2 heterocycles. The first-order valence-corrected chi connectivity index (χ1v) is 6.45. The molecule has 94 valence electrons. The third-order valence-electron chi connectivity index (χ3n) is 2.48. The second-order valence-electron chi connectivity index (χ2n) is 3.70. The average Bonchev–Trinajstić information content (AvgIpc) is 2.76. The standard InChI is InChI=1S/C12H13N3O2S/c1-9-13-4-5-15(9)6-7-18-10-2-3-14-11(8-10)12(16)17/h2-5,8H,6-7H2,1H3,(H,16,17). The van der Waals surface area contributed by atoms with Gasteiger partial charge in [-0.3, -0.25) is 0 Å². The first kappa shape index (κ1) is 12.6. The zero-order valence-electron chi connectivity index (χ0n) is 9.91. The molecule has 2 aromatic rings. The fourth-order valence-electron chi connectivity index (χ4n) is 1.52. The number of thioether (sulfide) groups is 1. The molecule has 18 heavy (non-hydrogen) atoms. The lowest BCUT2D eigenvalue weighted by atomic mass is 10.3. The van der Waals surface area contributed by atoms with E-state index in [1.807, 2.05) is 19.2 Å². The van der Waals surface area contributed by atoms with Gasteiger partial charge in [-0.1, -0.05) is 0 Å². The Morgan fingerprint density at radius 3 is 2.94 bits per heavy atom. The van der Waals surface area contributed by atoms with Crippen LogP contribution in [-0.2, 0) is 6.54 Å². The number of pyridine rings is 1. The average molecular weight is 263 g/mol. The maximum absolute atomic E-state index is 10.8. The highest BCUT2D eigenvalue weighted by molar-refractivity contribution is 7.99. The minimum absolute atomic E-state index is 0.0822. The largest absolute Gasteiger partial charge is 0.477 e. The Labute approximate surface area is 109 Å². The van der Waals surface area contributed by atoms with Crippen LogP contribution < -0.4 is 0 Å². The van der Waals surface area contributed by atoms with Gasteiger partial charge < -0.3 is 9.67 Å². The van der Waals surface area contributed by atoms with Gasteiger partial charge in [-0.2, -0.15) is 0 Å². The van der Waals surface area contributed by atoms with E-state index in [0.29, 0.717) is 0 Å².